The number of H-pyrrole nitrogens is 1. The van der Waals surface area contributed by atoms with E-state index in [1.165, 1.54) is 30.8 Å². The second kappa shape index (κ2) is 11.5. The van der Waals surface area contributed by atoms with E-state index < -0.39 is 58.0 Å². The molecule has 0 aliphatic carbocycles. The van der Waals surface area contributed by atoms with Crippen LogP contribution < -0.4 is 16.0 Å². The van der Waals surface area contributed by atoms with Crippen LogP contribution in [0.4, 0.5) is 9.59 Å². The first-order chi connectivity index (χ1) is 18.6. The van der Waals surface area contributed by atoms with Crippen molar-refractivity contribution in [2.75, 3.05) is 26.4 Å². The Balaban J connectivity index is 1.46. The van der Waals surface area contributed by atoms with Gasteiger partial charge in [-0.15, -0.1) is 22.0 Å². The van der Waals surface area contributed by atoms with Crippen molar-refractivity contribution in [3.05, 3.63) is 35.9 Å². The number of β-lactam (4-membered cyclic amide) rings is 1. The lowest BCUT2D eigenvalue weighted by molar-refractivity contribution is -0.158. The Bertz CT molecular complexity index is 1250. The van der Waals surface area contributed by atoms with Crippen molar-refractivity contribution >= 4 is 53.4 Å². The fourth-order valence-corrected chi connectivity index (χ4v) is 7.04. The molecule has 17 heteroatoms. The molecule has 39 heavy (non-hydrogen) atoms. The summed E-state index contributed by atoms with van der Waals surface area (Å²) in [6.45, 7) is 1.69. The number of benzene rings is 1. The summed E-state index contributed by atoms with van der Waals surface area (Å²) >= 11 is 2.41. The zero-order valence-corrected chi connectivity index (χ0v) is 22.8. The molecule has 1 aromatic carbocycles. The molecule has 2 fully saturated rings. The van der Waals surface area contributed by atoms with E-state index in [2.05, 4.69) is 36.6 Å². The van der Waals surface area contributed by atoms with Crippen molar-refractivity contribution in [2.24, 2.45) is 5.41 Å². The van der Waals surface area contributed by atoms with Crippen LogP contribution in [0.3, 0.4) is 0 Å². The quantitative estimate of drug-likeness (QED) is 0.207. The van der Waals surface area contributed by atoms with Crippen LogP contribution in [0.25, 0.3) is 0 Å². The van der Waals surface area contributed by atoms with Crippen molar-refractivity contribution in [3.8, 4) is 0 Å². The second-order valence-electron chi connectivity index (χ2n) is 8.98. The SMILES string of the molecule is CNC(=O)N(C)C(=O)NC(C(=O)NC1C(=O)N2CC(C(=O)O)(C(C)Sc3nn[nH]n3)CS[C@H]12)c1ccccc1. The first-order valence-electron chi connectivity index (χ1n) is 11.8. The number of carbonyl (C=O) groups excluding carboxylic acids is 4. The number of aromatic amines is 1. The molecule has 2 aliphatic heterocycles. The Morgan fingerprint density at radius 3 is 2.59 bits per heavy atom. The van der Waals surface area contributed by atoms with E-state index >= 15 is 0 Å². The third kappa shape index (κ3) is 5.49. The molecule has 5 N–H and O–H groups in total. The van der Waals surface area contributed by atoms with Gasteiger partial charge in [-0.3, -0.25) is 14.4 Å². The van der Waals surface area contributed by atoms with Gasteiger partial charge in [0.1, 0.15) is 22.9 Å². The van der Waals surface area contributed by atoms with Gasteiger partial charge in [-0.25, -0.2) is 14.5 Å². The zero-order chi connectivity index (χ0) is 28.3. The number of aliphatic carboxylic acids is 1. The number of urea groups is 2. The van der Waals surface area contributed by atoms with Gasteiger partial charge >= 0.3 is 18.0 Å². The molecule has 15 nitrogen and oxygen atoms in total. The van der Waals surface area contributed by atoms with Gasteiger partial charge in [0.15, 0.2) is 0 Å². The highest BCUT2D eigenvalue weighted by atomic mass is 32.2. The van der Waals surface area contributed by atoms with Crippen LogP contribution in [0.5, 0.6) is 0 Å². The number of nitrogens with zero attached hydrogens (tertiary/aromatic N) is 5. The number of hydrogen-bond donors (Lipinski definition) is 5. The van der Waals surface area contributed by atoms with E-state index in [1.54, 1.807) is 37.3 Å². The molecule has 1 aromatic heterocycles. The van der Waals surface area contributed by atoms with Gasteiger partial charge in [-0.2, -0.15) is 5.21 Å². The predicted molar refractivity (Wildman–Crippen MR) is 139 cm³/mol. The minimum Gasteiger partial charge on any atom is -0.481 e. The Kier molecular flexibility index (Phi) is 8.29. The molecule has 208 valence electrons. The monoisotopic (exact) mass is 577 g/mol. The summed E-state index contributed by atoms with van der Waals surface area (Å²) in [7, 11) is 2.62. The molecule has 2 aromatic rings. The van der Waals surface area contributed by atoms with Gasteiger partial charge in [0.25, 0.3) is 0 Å². The number of rotatable bonds is 8. The number of tetrazole rings is 1. The molecular formula is C22H27N9O6S2. The second-order valence-corrected chi connectivity index (χ2v) is 11.4. The number of amides is 6. The average Bonchev–Trinajstić information content (AvgIpc) is 3.46. The number of thioether (sulfide) groups is 2. The summed E-state index contributed by atoms with van der Waals surface area (Å²) in [5.41, 5.74) is -0.826. The molecule has 4 unspecified atom stereocenters. The Morgan fingerprint density at radius 2 is 1.97 bits per heavy atom. The first kappa shape index (κ1) is 28.2. The maximum atomic E-state index is 13.3. The number of nitrogens with one attached hydrogen (secondary N) is 4. The van der Waals surface area contributed by atoms with E-state index in [-0.39, 0.29) is 12.3 Å². The topological polar surface area (TPSA) is 203 Å². The van der Waals surface area contributed by atoms with E-state index in [0.717, 1.165) is 16.7 Å². The fourth-order valence-electron chi connectivity index (χ4n) is 4.28. The Hall–Kier alpha value is -3.86. The molecule has 0 bridgehead atoms. The first-order valence-corrected chi connectivity index (χ1v) is 13.7. The lowest BCUT2D eigenvalue weighted by Gasteiger charge is -2.55. The summed E-state index contributed by atoms with van der Waals surface area (Å²) in [6.07, 6.45) is 0. The molecule has 0 spiro atoms. The number of carboxylic acids is 1. The molecule has 5 atom stereocenters. The summed E-state index contributed by atoms with van der Waals surface area (Å²) in [5, 5.41) is 30.6. The maximum Gasteiger partial charge on any atom is 0.326 e. The minimum absolute atomic E-state index is 0.0486. The average molecular weight is 578 g/mol. The molecule has 3 heterocycles. The number of carboxylic acid groups (broad SMARTS) is 1. The lowest BCUT2D eigenvalue weighted by Crippen LogP contribution is -2.75. The highest BCUT2D eigenvalue weighted by Crippen LogP contribution is 2.47. The molecule has 0 saturated carbocycles. The van der Waals surface area contributed by atoms with E-state index in [0.29, 0.717) is 10.7 Å². The highest BCUT2D eigenvalue weighted by molar-refractivity contribution is 8.01. The maximum absolute atomic E-state index is 13.3. The van der Waals surface area contributed by atoms with Crippen molar-refractivity contribution in [3.63, 3.8) is 0 Å². The van der Waals surface area contributed by atoms with Crippen LogP contribution in [-0.2, 0) is 14.4 Å². The molecular weight excluding hydrogens is 550 g/mol. The zero-order valence-electron chi connectivity index (χ0n) is 21.2. The van der Waals surface area contributed by atoms with E-state index in [1.807, 2.05) is 0 Å². The number of aromatic nitrogens is 4. The summed E-state index contributed by atoms with van der Waals surface area (Å²) in [5.74, 6) is -1.94. The Morgan fingerprint density at radius 1 is 1.26 bits per heavy atom. The summed E-state index contributed by atoms with van der Waals surface area (Å²) < 4.78 is 0. The smallest absolute Gasteiger partial charge is 0.326 e. The van der Waals surface area contributed by atoms with Crippen molar-refractivity contribution < 1.29 is 29.1 Å². The lowest BCUT2D eigenvalue weighted by atomic mass is 9.84. The standard InChI is InChI=1S/C22H27N9O6S2/c1-11(39-19-26-28-29-27-19)22(18(34)35)9-31-16(33)14(17(31)38-10-22)24-15(32)13(12-7-5-4-6-8-12)25-21(37)30(3)20(36)23-2/h4-8,11,13-14,17H,9-10H2,1-3H3,(H,23,36)(H,24,32)(H,25,37)(H,34,35)(H,26,27,28,29)/t11?,13?,14?,17-,22?/m1/s1. The molecule has 2 saturated heterocycles. The normalized spacial score (nSPS) is 23.5. The van der Waals surface area contributed by atoms with Crippen LogP contribution in [0.1, 0.15) is 18.5 Å². The molecule has 4 rings (SSSR count). The third-order valence-electron chi connectivity index (χ3n) is 6.70. The van der Waals surface area contributed by atoms with Crippen molar-refractivity contribution in [2.45, 2.75) is 34.8 Å². The van der Waals surface area contributed by atoms with Crippen LogP contribution >= 0.6 is 23.5 Å². The molecule has 0 radical (unpaired) electrons. The summed E-state index contributed by atoms with van der Waals surface area (Å²) in [4.78, 5) is 65.6. The van der Waals surface area contributed by atoms with Crippen LogP contribution in [0.2, 0.25) is 0 Å². The van der Waals surface area contributed by atoms with Crippen molar-refractivity contribution in [1.82, 2.24) is 46.4 Å². The van der Waals surface area contributed by atoms with Gasteiger partial charge in [0, 0.05) is 31.6 Å². The number of fused-ring (bicyclic) bond motifs is 1. The molecule has 2 aliphatic rings. The highest BCUT2D eigenvalue weighted by Gasteiger charge is 2.59. The number of carbonyl (C=O) groups is 5. The van der Waals surface area contributed by atoms with Gasteiger partial charge < -0.3 is 26.0 Å². The van der Waals surface area contributed by atoms with E-state index in [9.17, 15) is 29.1 Å². The largest absolute Gasteiger partial charge is 0.481 e. The van der Waals surface area contributed by atoms with Gasteiger partial charge in [0.2, 0.25) is 17.0 Å². The summed E-state index contributed by atoms with van der Waals surface area (Å²) in [6, 6.07) is 4.82. The minimum atomic E-state index is -1.28. The van der Waals surface area contributed by atoms with Crippen LogP contribution in [0.15, 0.2) is 35.5 Å². The van der Waals surface area contributed by atoms with Crippen LogP contribution in [-0.4, -0.2) is 108 Å². The Labute approximate surface area is 231 Å². The third-order valence-corrected chi connectivity index (χ3v) is 9.44. The van der Waals surface area contributed by atoms with E-state index in [4.69, 9.17) is 0 Å². The van der Waals surface area contributed by atoms with Crippen molar-refractivity contribution in [1.29, 1.82) is 0 Å². The molecule has 6 amide bonds. The van der Waals surface area contributed by atoms with Crippen LogP contribution in [0, 0.1) is 5.41 Å². The van der Waals surface area contributed by atoms with Gasteiger partial charge in [0.05, 0.1) is 0 Å². The van der Waals surface area contributed by atoms with Gasteiger partial charge in [-0.05, 0) is 10.8 Å². The number of imide groups is 1. The fraction of sp³-hybridized carbons (Fsp3) is 0.455. The number of hydrogen-bond acceptors (Lipinski definition) is 10. The predicted octanol–water partition coefficient (Wildman–Crippen LogP) is -0.127. The van der Waals surface area contributed by atoms with Gasteiger partial charge in [-0.1, -0.05) is 49.0 Å².